The van der Waals surface area contributed by atoms with Gasteiger partial charge in [0.15, 0.2) is 0 Å². The van der Waals surface area contributed by atoms with Crippen LogP contribution in [0.15, 0.2) is 11.3 Å². The standard InChI is InChI=1S/C9H17N3/c1-3-12-5-4-9(11)8(6-12)7(2)10/h10H,3-6,11H2,1-2H3. The summed E-state index contributed by atoms with van der Waals surface area (Å²) in [5.41, 5.74) is 8.37. The average Bonchev–Trinajstić information content (AvgIpc) is 2.05. The average molecular weight is 167 g/mol. The summed E-state index contributed by atoms with van der Waals surface area (Å²) in [6, 6.07) is 0. The zero-order valence-electron chi connectivity index (χ0n) is 7.85. The van der Waals surface area contributed by atoms with E-state index >= 15 is 0 Å². The van der Waals surface area contributed by atoms with Crippen LogP contribution >= 0.6 is 0 Å². The first-order valence-corrected chi connectivity index (χ1v) is 4.40. The van der Waals surface area contributed by atoms with Crippen molar-refractivity contribution in [2.24, 2.45) is 5.73 Å². The van der Waals surface area contributed by atoms with E-state index in [1.54, 1.807) is 6.92 Å². The first kappa shape index (κ1) is 9.26. The Morgan fingerprint density at radius 3 is 2.83 bits per heavy atom. The number of rotatable bonds is 2. The van der Waals surface area contributed by atoms with Crippen LogP contribution in [-0.2, 0) is 0 Å². The molecule has 0 fully saturated rings. The van der Waals surface area contributed by atoms with Crippen LogP contribution in [0.3, 0.4) is 0 Å². The molecular weight excluding hydrogens is 150 g/mol. The van der Waals surface area contributed by atoms with E-state index in [1.165, 1.54) is 0 Å². The summed E-state index contributed by atoms with van der Waals surface area (Å²) in [6.07, 6.45) is 0.916. The molecular formula is C9H17N3. The molecule has 68 valence electrons. The predicted molar refractivity (Wildman–Crippen MR) is 51.3 cm³/mol. The van der Waals surface area contributed by atoms with Crippen molar-refractivity contribution < 1.29 is 0 Å². The van der Waals surface area contributed by atoms with Gasteiger partial charge < -0.3 is 11.1 Å². The molecule has 0 radical (unpaired) electrons. The van der Waals surface area contributed by atoms with Gasteiger partial charge in [-0.15, -0.1) is 0 Å². The molecule has 0 aliphatic carbocycles. The number of hydrogen-bond donors (Lipinski definition) is 2. The lowest BCUT2D eigenvalue weighted by Gasteiger charge is -2.27. The molecule has 0 amide bonds. The number of nitrogens with two attached hydrogens (primary N) is 1. The van der Waals surface area contributed by atoms with E-state index in [0.29, 0.717) is 5.71 Å². The highest BCUT2D eigenvalue weighted by Crippen LogP contribution is 2.14. The Bertz CT molecular complexity index is 218. The topological polar surface area (TPSA) is 53.1 Å². The van der Waals surface area contributed by atoms with E-state index in [9.17, 15) is 0 Å². The van der Waals surface area contributed by atoms with Gasteiger partial charge in [-0.1, -0.05) is 6.92 Å². The van der Waals surface area contributed by atoms with E-state index in [0.717, 1.165) is 37.3 Å². The van der Waals surface area contributed by atoms with Crippen LogP contribution in [0.2, 0.25) is 0 Å². The van der Waals surface area contributed by atoms with Gasteiger partial charge in [-0.05, 0) is 13.5 Å². The zero-order valence-corrected chi connectivity index (χ0v) is 7.85. The van der Waals surface area contributed by atoms with Gasteiger partial charge in [0, 0.05) is 36.5 Å². The van der Waals surface area contributed by atoms with Gasteiger partial charge in [-0.25, -0.2) is 0 Å². The molecule has 0 aromatic rings. The largest absolute Gasteiger partial charge is 0.402 e. The molecule has 0 saturated heterocycles. The van der Waals surface area contributed by atoms with Gasteiger partial charge in [0.1, 0.15) is 0 Å². The molecule has 0 saturated carbocycles. The van der Waals surface area contributed by atoms with E-state index in [4.69, 9.17) is 11.1 Å². The minimum Gasteiger partial charge on any atom is -0.402 e. The van der Waals surface area contributed by atoms with Crippen LogP contribution in [0.4, 0.5) is 0 Å². The van der Waals surface area contributed by atoms with E-state index in [1.807, 2.05) is 0 Å². The summed E-state index contributed by atoms with van der Waals surface area (Å²) < 4.78 is 0. The Kier molecular flexibility index (Phi) is 2.87. The second-order valence-corrected chi connectivity index (χ2v) is 3.25. The Balaban J connectivity index is 2.74. The quantitative estimate of drug-likeness (QED) is 0.602. The van der Waals surface area contributed by atoms with Gasteiger partial charge in [0.25, 0.3) is 0 Å². The molecule has 3 nitrogen and oxygen atoms in total. The van der Waals surface area contributed by atoms with Crippen molar-refractivity contribution in [2.45, 2.75) is 20.3 Å². The number of nitrogens with one attached hydrogen (secondary N) is 1. The smallest absolute Gasteiger partial charge is 0.0345 e. The van der Waals surface area contributed by atoms with Crippen molar-refractivity contribution in [1.82, 2.24) is 4.90 Å². The van der Waals surface area contributed by atoms with E-state index < -0.39 is 0 Å². The summed E-state index contributed by atoms with van der Waals surface area (Å²) in [5.74, 6) is 0. The lowest BCUT2D eigenvalue weighted by atomic mass is 10.0. The van der Waals surface area contributed by atoms with Crippen LogP contribution < -0.4 is 5.73 Å². The zero-order chi connectivity index (χ0) is 9.14. The highest BCUT2D eigenvalue weighted by Gasteiger charge is 2.16. The Labute approximate surface area is 73.7 Å². The second-order valence-electron chi connectivity index (χ2n) is 3.25. The fraction of sp³-hybridized carbons (Fsp3) is 0.667. The molecule has 1 rings (SSSR count). The Morgan fingerprint density at radius 1 is 1.67 bits per heavy atom. The molecule has 0 unspecified atom stereocenters. The number of hydrogen-bond acceptors (Lipinski definition) is 3. The molecule has 1 aliphatic rings. The maximum atomic E-state index is 7.52. The van der Waals surface area contributed by atoms with Gasteiger partial charge >= 0.3 is 0 Å². The highest BCUT2D eigenvalue weighted by atomic mass is 15.1. The summed E-state index contributed by atoms with van der Waals surface area (Å²) in [7, 11) is 0. The minimum atomic E-state index is 0.616. The summed E-state index contributed by atoms with van der Waals surface area (Å²) in [6.45, 7) is 6.89. The van der Waals surface area contributed by atoms with E-state index in [2.05, 4.69) is 11.8 Å². The second kappa shape index (κ2) is 3.72. The highest BCUT2D eigenvalue weighted by molar-refractivity contribution is 5.96. The van der Waals surface area contributed by atoms with Crippen LogP contribution in [0.1, 0.15) is 20.3 Å². The predicted octanol–water partition coefficient (Wildman–Crippen LogP) is 0.964. The van der Waals surface area contributed by atoms with Crippen molar-refractivity contribution in [3.63, 3.8) is 0 Å². The van der Waals surface area contributed by atoms with Crippen LogP contribution in [0.25, 0.3) is 0 Å². The maximum Gasteiger partial charge on any atom is 0.0345 e. The molecule has 1 heterocycles. The SMILES string of the molecule is CCN1CCC(N)=C(C(C)=N)C1. The molecule has 3 heteroatoms. The van der Waals surface area contributed by atoms with E-state index in [-0.39, 0.29) is 0 Å². The minimum absolute atomic E-state index is 0.616. The van der Waals surface area contributed by atoms with Crippen molar-refractivity contribution in [2.75, 3.05) is 19.6 Å². The van der Waals surface area contributed by atoms with Crippen LogP contribution in [-0.4, -0.2) is 30.2 Å². The lowest BCUT2D eigenvalue weighted by Crippen LogP contribution is -2.35. The summed E-state index contributed by atoms with van der Waals surface area (Å²) in [4.78, 5) is 2.31. The normalized spacial score (nSPS) is 19.8. The molecule has 3 N–H and O–H groups in total. The fourth-order valence-corrected chi connectivity index (χ4v) is 1.46. The lowest BCUT2D eigenvalue weighted by molar-refractivity contribution is 0.304. The van der Waals surface area contributed by atoms with Crippen molar-refractivity contribution in [3.05, 3.63) is 11.3 Å². The fourth-order valence-electron chi connectivity index (χ4n) is 1.46. The first-order chi connectivity index (χ1) is 5.65. The molecule has 0 atom stereocenters. The van der Waals surface area contributed by atoms with Crippen molar-refractivity contribution >= 4 is 5.71 Å². The molecule has 0 aromatic carbocycles. The first-order valence-electron chi connectivity index (χ1n) is 4.40. The molecule has 1 aliphatic heterocycles. The molecule has 0 aromatic heterocycles. The monoisotopic (exact) mass is 167 g/mol. The van der Waals surface area contributed by atoms with Gasteiger partial charge in [0.05, 0.1) is 0 Å². The summed E-state index contributed by atoms with van der Waals surface area (Å²) in [5, 5.41) is 7.52. The van der Waals surface area contributed by atoms with Crippen LogP contribution in [0.5, 0.6) is 0 Å². The number of nitrogens with zero attached hydrogens (tertiary/aromatic N) is 1. The van der Waals surface area contributed by atoms with Gasteiger partial charge in [-0.3, -0.25) is 4.90 Å². The third kappa shape index (κ3) is 1.85. The number of likely N-dealkylation sites (N-methyl/N-ethyl adjacent to an activating group) is 1. The molecule has 0 bridgehead atoms. The van der Waals surface area contributed by atoms with Crippen molar-refractivity contribution in [1.29, 1.82) is 5.41 Å². The van der Waals surface area contributed by atoms with Crippen molar-refractivity contribution in [3.8, 4) is 0 Å². The van der Waals surface area contributed by atoms with Crippen LogP contribution in [0, 0.1) is 5.41 Å². The molecule has 0 spiro atoms. The Hall–Kier alpha value is -0.830. The third-order valence-electron chi connectivity index (χ3n) is 2.37. The maximum absolute atomic E-state index is 7.52. The summed E-state index contributed by atoms with van der Waals surface area (Å²) >= 11 is 0. The molecule has 12 heavy (non-hydrogen) atoms. The van der Waals surface area contributed by atoms with Gasteiger partial charge in [-0.2, -0.15) is 0 Å². The third-order valence-corrected chi connectivity index (χ3v) is 2.37. The Morgan fingerprint density at radius 2 is 2.33 bits per heavy atom. The van der Waals surface area contributed by atoms with Gasteiger partial charge in [0.2, 0.25) is 0 Å².